The van der Waals surface area contributed by atoms with Crippen LogP contribution in [0.1, 0.15) is 39.7 Å². The second kappa shape index (κ2) is 5.35. The Morgan fingerprint density at radius 1 is 1.24 bits per heavy atom. The Balaban J connectivity index is 2.77. The molecule has 0 bridgehead atoms. The van der Waals surface area contributed by atoms with E-state index >= 15 is 0 Å². The second-order valence-electron chi connectivity index (χ2n) is 5.59. The van der Waals surface area contributed by atoms with Crippen LogP contribution in [-0.2, 0) is 11.2 Å². The van der Waals surface area contributed by atoms with Gasteiger partial charge in [-0.1, -0.05) is 39.8 Å². The van der Waals surface area contributed by atoms with Gasteiger partial charge in [0.15, 0.2) is 0 Å². The summed E-state index contributed by atoms with van der Waals surface area (Å²) in [5.74, 6) is 0.650. The quantitative estimate of drug-likeness (QED) is 0.864. The highest BCUT2D eigenvalue weighted by molar-refractivity contribution is 5.86. The zero-order chi connectivity index (χ0) is 13.1. The molecule has 0 heterocycles. The third-order valence-electron chi connectivity index (χ3n) is 3.02. The van der Waals surface area contributed by atoms with Crippen molar-refractivity contribution in [1.82, 2.24) is 0 Å². The lowest BCUT2D eigenvalue weighted by Crippen LogP contribution is -2.29. The van der Waals surface area contributed by atoms with E-state index in [-0.39, 0.29) is 17.1 Å². The standard InChI is InChI=1S/C15H22O2/c1-5-12(14(17)15(2,3)4)10-11-6-8-13(16)9-7-11/h6-9,12,16H,5,10H2,1-4H3. The molecule has 2 heteroatoms. The van der Waals surface area contributed by atoms with Gasteiger partial charge in [-0.05, 0) is 30.5 Å². The summed E-state index contributed by atoms with van der Waals surface area (Å²) in [5, 5.41) is 9.22. The molecule has 1 unspecified atom stereocenters. The fourth-order valence-electron chi connectivity index (χ4n) is 1.95. The molecule has 0 spiro atoms. The van der Waals surface area contributed by atoms with Crippen molar-refractivity contribution < 1.29 is 9.90 Å². The molecule has 2 nitrogen and oxygen atoms in total. The number of ketones is 1. The van der Waals surface area contributed by atoms with Crippen molar-refractivity contribution in [2.75, 3.05) is 0 Å². The molecule has 1 N–H and O–H groups in total. The van der Waals surface area contributed by atoms with E-state index in [4.69, 9.17) is 0 Å². The van der Waals surface area contributed by atoms with Crippen LogP contribution < -0.4 is 0 Å². The number of carbonyl (C=O) groups is 1. The van der Waals surface area contributed by atoms with Crippen LogP contribution in [0.4, 0.5) is 0 Å². The van der Waals surface area contributed by atoms with Crippen LogP contribution in [0, 0.1) is 11.3 Å². The zero-order valence-electron chi connectivity index (χ0n) is 11.2. The highest BCUT2D eigenvalue weighted by Crippen LogP contribution is 2.25. The normalized spacial score (nSPS) is 13.4. The van der Waals surface area contributed by atoms with Crippen LogP contribution in [0.25, 0.3) is 0 Å². The van der Waals surface area contributed by atoms with E-state index in [0.29, 0.717) is 5.78 Å². The third kappa shape index (κ3) is 3.88. The molecule has 0 fully saturated rings. The molecule has 0 amide bonds. The van der Waals surface area contributed by atoms with Crippen LogP contribution in [0.15, 0.2) is 24.3 Å². The van der Waals surface area contributed by atoms with E-state index in [2.05, 4.69) is 6.92 Å². The molecule has 1 rings (SSSR count). The summed E-state index contributed by atoms with van der Waals surface area (Å²) in [6.07, 6.45) is 1.61. The lowest BCUT2D eigenvalue weighted by molar-refractivity contribution is -0.130. The van der Waals surface area contributed by atoms with Gasteiger partial charge in [0.05, 0.1) is 0 Å². The maximum absolute atomic E-state index is 12.2. The Bertz CT molecular complexity index is 371. The van der Waals surface area contributed by atoms with Crippen LogP contribution >= 0.6 is 0 Å². The summed E-state index contributed by atoms with van der Waals surface area (Å²) in [5.41, 5.74) is 0.824. The minimum Gasteiger partial charge on any atom is -0.508 e. The summed E-state index contributed by atoms with van der Waals surface area (Å²) < 4.78 is 0. The van der Waals surface area contributed by atoms with Gasteiger partial charge in [-0.2, -0.15) is 0 Å². The number of aromatic hydroxyl groups is 1. The Morgan fingerprint density at radius 3 is 2.18 bits per heavy atom. The SMILES string of the molecule is CCC(Cc1ccc(O)cc1)C(=O)C(C)(C)C. The molecule has 1 aromatic carbocycles. The predicted octanol–water partition coefficient (Wildman–Crippen LogP) is 3.58. The molecule has 0 saturated carbocycles. The predicted molar refractivity (Wildman–Crippen MR) is 70.1 cm³/mol. The van der Waals surface area contributed by atoms with Crippen molar-refractivity contribution in [3.05, 3.63) is 29.8 Å². The summed E-state index contributed by atoms with van der Waals surface area (Å²) >= 11 is 0. The van der Waals surface area contributed by atoms with Crippen molar-refractivity contribution in [3.8, 4) is 5.75 Å². The first-order valence-corrected chi connectivity index (χ1v) is 6.16. The number of phenols is 1. The van der Waals surface area contributed by atoms with Gasteiger partial charge in [-0.15, -0.1) is 0 Å². The Morgan fingerprint density at radius 2 is 1.76 bits per heavy atom. The number of carbonyl (C=O) groups excluding carboxylic acids is 1. The van der Waals surface area contributed by atoms with Gasteiger partial charge in [0.1, 0.15) is 11.5 Å². The first-order chi connectivity index (χ1) is 7.84. The van der Waals surface area contributed by atoms with Gasteiger partial charge in [0.25, 0.3) is 0 Å². The molecule has 0 aliphatic heterocycles. The van der Waals surface area contributed by atoms with Crippen molar-refractivity contribution in [2.24, 2.45) is 11.3 Å². The summed E-state index contributed by atoms with van der Waals surface area (Å²) in [4.78, 5) is 12.2. The van der Waals surface area contributed by atoms with E-state index in [9.17, 15) is 9.90 Å². The van der Waals surface area contributed by atoms with Gasteiger partial charge >= 0.3 is 0 Å². The smallest absolute Gasteiger partial charge is 0.141 e. The highest BCUT2D eigenvalue weighted by Gasteiger charge is 2.28. The minimum atomic E-state index is -0.280. The van der Waals surface area contributed by atoms with Gasteiger partial charge < -0.3 is 5.11 Å². The molecule has 1 aromatic rings. The average molecular weight is 234 g/mol. The fourth-order valence-corrected chi connectivity index (χ4v) is 1.95. The molecular formula is C15H22O2. The molecule has 1 atom stereocenters. The second-order valence-corrected chi connectivity index (χ2v) is 5.59. The van der Waals surface area contributed by atoms with Crippen LogP contribution in [0.2, 0.25) is 0 Å². The maximum Gasteiger partial charge on any atom is 0.141 e. The van der Waals surface area contributed by atoms with E-state index in [1.54, 1.807) is 12.1 Å². The van der Waals surface area contributed by atoms with Crippen molar-refractivity contribution in [1.29, 1.82) is 0 Å². The number of Topliss-reactive ketones (excluding diaryl/α,β-unsaturated/α-hetero) is 1. The number of rotatable bonds is 4. The van der Waals surface area contributed by atoms with Crippen molar-refractivity contribution in [2.45, 2.75) is 40.5 Å². The Hall–Kier alpha value is -1.31. The fraction of sp³-hybridized carbons (Fsp3) is 0.533. The number of hydrogen-bond donors (Lipinski definition) is 1. The zero-order valence-corrected chi connectivity index (χ0v) is 11.2. The number of benzene rings is 1. The largest absolute Gasteiger partial charge is 0.508 e. The lowest BCUT2D eigenvalue weighted by atomic mass is 9.79. The Labute approximate surface area is 104 Å². The summed E-state index contributed by atoms with van der Waals surface area (Å²) in [7, 11) is 0. The van der Waals surface area contributed by atoms with Crippen molar-refractivity contribution >= 4 is 5.78 Å². The number of phenolic OH excluding ortho intramolecular Hbond substituents is 1. The first-order valence-electron chi connectivity index (χ1n) is 6.16. The Kier molecular flexibility index (Phi) is 4.33. The van der Waals surface area contributed by atoms with E-state index in [1.807, 2.05) is 32.9 Å². The minimum absolute atomic E-state index is 0.0690. The summed E-state index contributed by atoms with van der Waals surface area (Å²) in [6.45, 7) is 7.95. The van der Waals surface area contributed by atoms with E-state index in [0.717, 1.165) is 18.4 Å². The molecule has 0 aliphatic rings. The third-order valence-corrected chi connectivity index (χ3v) is 3.02. The monoisotopic (exact) mass is 234 g/mol. The maximum atomic E-state index is 12.2. The van der Waals surface area contributed by atoms with Crippen LogP contribution in [0.3, 0.4) is 0 Å². The van der Waals surface area contributed by atoms with Gasteiger partial charge in [0, 0.05) is 11.3 Å². The molecule has 0 radical (unpaired) electrons. The molecular weight excluding hydrogens is 212 g/mol. The summed E-state index contributed by atoms with van der Waals surface area (Å²) in [6, 6.07) is 7.11. The van der Waals surface area contributed by atoms with Gasteiger partial charge in [-0.3, -0.25) is 4.79 Å². The molecule has 0 aliphatic carbocycles. The highest BCUT2D eigenvalue weighted by atomic mass is 16.3. The van der Waals surface area contributed by atoms with Crippen LogP contribution in [-0.4, -0.2) is 10.9 Å². The number of hydrogen-bond acceptors (Lipinski definition) is 2. The van der Waals surface area contributed by atoms with Gasteiger partial charge in [-0.25, -0.2) is 0 Å². The van der Waals surface area contributed by atoms with Crippen molar-refractivity contribution in [3.63, 3.8) is 0 Å². The average Bonchev–Trinajstić information content (AvgIpc) is 2.26. The first kappa shape index (κ1) is 13.8. The van der Waals surface area contributed by atoms with E-state index in [1.165, 1.54) is 0 Å². The molecule has 0 saturated heterocycles. The molecule has 0 aromatic heterocycles. The van der Waals surface area contributed by atoms with E-state index < -0.39 is 0 Å². The molecule has 17 heavy (non-hydrogen) atoms. The van der Waals surface area contributed by atoms with Gasteiger partial charge in [0.2, 0.25) is 0 Å². The van der Waals surface area contributed by atoms with Crippen LogP contribution in [0.5, 0.6) is 5.75 Å². The molecule has 94 valence electrons. The topological polar surface area (TPSA) is 37.3 Å². The lowest BCUT2D eigenvalue weighted by Gasteiger charge is -2.23.